The highest BCUT2D eigenvalue weighted by Crippen LogP contribution is 2.05. The standard InChI is InChI=1S/C13H21NO/c1-3-13(15)14-11(2)9-10-12-7-5-4-6-8-12/h4-8,11,13-15H,3,9-10H2,1-2H3. The van der Waals surface area contributed by atoms with Gasteiger partial charge in [-0.1, -0.05) is 37.3 Å². The lowest BCUT2D eigenvalue weighted by molar-refractivity contribution is 0.119. The topological polar surface area (TPSA) is 32.3 Å². The normalized spacial score (nSPS) is 14.9. The predicted octanol–water partition coefficient (Wildman–Crippen LogP) is 2.33. The van der Waals surface area contributed by atoms with Gasteiger partial charge in [0.25, 0.3) is 0 Å². The minimum Gasteiger partial charge on any atom is -0.379 e. The molecular weight excluding hydrogens is 186 g/mol. The van der Waals surface area contributed by atoms with Crippen LogP contribution < -0.4 is 5.32 Å². The van der Waals surface area contributed by atoms with Crippen molar-refractivity contribution in [1.82, 2.24) is 5.32 Å². The quantitative estimate of drug-likeness (QED) is 0.702. The van der Waals surface area contributed by atoms with E-state index in [4.69, 9.17) is 0 Å². The summed E-state index contributed by atoms with van der Waals surface area (Å²) in [4.78, 5) is 0. The van der Waals surface area contributed by atoms with Crippen molar-refractivity contribution >= 4 is 0 Å². The number of hydrogen-bond acceptors (Lipinski definition) is 2. The summed E-state index contributed by atoms with van der Waals surface area (Å²) < 4.78 is 0. The largest absolute Gasteiger partial charge is 0.379 e. The molecule has 1 rings (SSSR count). The Hall–Kier alpha value is -0.860. The van der Waals surface area contributed by atoms with Crippen LogP contribution in [0.2, 0.25) is 0 Å². The molecule has 2 N–H and O–H groups in total. The first-order valence-electron chi connectivity index (χ1n) is 5.70. The van der Waals surface area contributed by atoms with Crippen LogP contribution >= 0.6 is 0 Å². The zero-order chi connectivity index (χ0) is 11.1. The Morgan fingerprint density at radius 3 is 2.53 bits per heavy atom. The SMILES string of the molecule is CCC(O)NC(C)CCc1ccccc1. The van der Waals surface area contributed by atoms with Gasteiger partial charge in [-0.25, -0.2) is 0 Å². The van der Waals surface area contributed by atoms with E-state index in [0.29, 0.717) is 6.04 Å². The van der Waals surface area contributed by atoms with Gasteiger partial charge in [0.1, 0.15) is 6.23 Å². The second-order valence-corrected chi connectivity index (χ2v) is 4.02. The molecule has 0 aromatic heterocycles. The van der Waals surface area contributed by atoms with Gasteiger partial charge in [0.05, 0.1) is 0 Å². The van der Waals surface area contributed by atoms with Gasteiger partial charge in [-0.15, -0.1) is 0 Å². The molecule has 0 saturated carbocycles. The van der Waals surface area contributed by atoms with Crippen LogP contribution in [0.5, 0.6) is 0 Å². The molecule has 0 aliphatic rings. The Balaban J connectivity index is 2.25. The van der Waals surface area contributed by atoms with E-state index < -0.39 is 0 Å². The third-order valence-corrected chi connectivity index (χ3v) is 2.57. The van der Waals surface area contributed by atoms with E-state index in [1.165, 1.54) is 5.56 Å². The van der Waals surface area contributed by atoms with Gasteiger partial charge in [-0.2, -0.15) is 0 Å². The molecule has 15 heavy (non-hydrogen) atoms. The van der Waals surface area contributed by atoms with Crippen molar-refractivity contribution in [2.24, 2.45) is 0 Å². The monoisotopic (exact) mass is 207 g/mol. The zero-order valence-corrected chi connectivity index (χ0v) is 9.61. The molecule has 2 unspecified atom stereocenters. The number of benzene rings is 1. The molecule has 0 radical (unpaired) electrons. The lowest BCUT2D eigenvalue weighted by Crippen LogP contribution is -2.36. The number of aryl methyl sites for hydroxylation is 1. The summed E-state index contributed by atoms with van der Waals surface area (Å²) in [5.74, 6) is 0. The van der Waals surface area contributed by atoms with Crippen LogP contribution in [0.4, 0.5) is 0 Å². The molecule has 2 atom stereocenters. The first kappa shape index (κ1) is 12.2. The molecular formula is C13H21NO. The first-order valence-corrected chi connectivity index (χ1v) is 5.70. The molecule has 0 aliphatic carbocycles. The molecule has 84 valence electrons. The third kappa shape index (κ3) is 4.96. The van der Waals surface area contributed by atoms with Crippen LogP contribution in [0.25, 0.3) is 0 Å². The highest BCUT2D eigenvalue weighted by molar-refractivity contribution is 5.14. The van der Waals surface area contributed by atoms with Crippen LogP contribution in [0.15, 0.2) is 30.3 Å². The van der Waals surface area contributed by atoms with E-state index in [9.17, 15) is 5.11 Å². The molecule has 2 nitrogen and oxygen atoms in total. The molecule has 0 saturated heterocycles. The fourth-order valence-electron chi connectivity index (χ4n) is 1.56. The molecule has 1 aromatic rings. The fraction of sp³-hybridized carbons (Fsp3) is 0.538. The minimum absolute atomic E-state index is 0.361. The van der Waals surface area contributed by atoms with E-state index in [0.717, 1.165) is 19.3 Å². The summed E-state index contributed by atoms with van der Waals surface area (Å²) in [5.41, 5.74) is 1.36. The summed E-state index contributed by atoms with van der Waals surface area (Å²) in [5, 5.41) is 12.6. The molecule has 2 heteroatoms. The van der Waals surface area contributed by atoms with Crippen molar-refractivity contribution in [3.05, 3.63) is 35.9 Å². The molecule has 0 aliphatic heterocycles. The van der Waals surface area contributed by atoms with Gasteiger partial charge in [0, 0.05) is 6.04 Å². The molecule has 1 aromatic carbocycles. The van der Waals surface area contributed by atoms with Gasteiger partial charge < -0.3 is 5.11 Å². The maximum Gasteiger partial charge on any atom is 0.104 e. The second-order valence-electron chi connectivity index (χ2n) is 4.02. The van der Waals surface area contributed by atoms with Crippen molar-refractivity contribution in [3.63, 3.8) is 0 Å². The Labute approximate surface area is 92.3 Å². The Morgan fingerprint density at radius 2 is 1.93 bits per heavy atom. The second kappa shape index (κ2) is 6.59. The van der Waals surface area contributed by atoms with Crippen LogP contribution in [0, 0.1) is 0 Å². The maximum absolute atomic E-state index is 9.41. The average Bonchev–Trinajstić information content (AvgIpc) is 2.27. The maximum atomic E-state index is 9.41. The Kier molecular flexibility index (Phi) is 5.37. The molecule has 0 bridgehead atoms. The van der Waals surface area contributed by atoms with Gasteiger partial charge in [0.2, 0.25) is 0 Å². The van der Waals surface area contributed by atoms with Crippen molar-refractivity contribution in [3.8, 4) is 0 Å². The number of aliphatic hydroxyl groups is 1. The van der Waals surface area contributed by atoms with Crippen LogP contribution in [-0.2, 0) is 6.42 Å². The first-order chi connectivity index (χ1) is 7.22. The average molecular weight is 207 g/mol. The van der Waals surface area contributed by atoms with Gasteiger partial charge in [-0.3, -0.25) is 5.32 Å². The van der Waals surface area contributed by atoms with Crippen LogP contribution in [0.3, 0.4) is 0 Å². The van der Waals surface area contributed by atoms with Crippen LogP contribution in [0.1, 0.15) is 32.3 Å². The van der Waals surface area contributed by atoms with E-state index in [1.807, 2.05) is 13.0 Å². The Morgan fingerprint density at radius 1 is 1.27 bits per heavy atom. The van der Waals surface area contributed by atoms with Gasteiger partial charge in [0.15, 0.2) is 0 Å². The van der Waals surface area contributed by atoms with Gasteiger partial charge >= 0.3 is 0 Å². The minimum atomic E-state index is -0.365. The molecule has 0 heterocycles. The molecule has 0 amide bonds. The van der Waals surface area contributed by atoms with E-state index in [2.05, 4.69) is 36.5 Å². The number of hydrogen-bond donors (Lipinski definition) is 2. The Bertz CT molecular complexity index is 260. The number of aliphatic hydroxyl groups excluding tert-OH is 1. The highest BCUT2D eigenvalue weighted by atomic mass is 16.3. The fourth-order valence-corrected chi connectivity index (χ4v) is 1.56. The zero-order valence-electron chi connectivity index (χ0n) is 9.61. The van der Waals surface area contributed by atoms with Crippen molar-refractivity contribution in [1.29, 1.82) is 0 Å². The number of nitrogens with one attached hydrogen (secondary N) is 1. The lowest BCUT2D eigenvalue weighted by Gasteiger charge is -2.17. The molecule has 0 fully saturated rings. The van der Waals surface area contributed by atoms with Crippen molar-refractivity contribution < 1.29 is 5.11 Å². The van der Waals surface area contributed by atoms with Crippen LogP contribution in [-0.4, -0.2) is 17.4 Å². The summed E-state index contributed by atoms with van der Waals surface area (Å²) in [6, 6.07) is 10.8. The van der Waals surface area contributed by atoms with Crippen molar-refractivity contribution in [2.45, 2.75) is 45.4 Å². The lowest BCUT2D eigenvalue weighted by atomic mass is 10.1. The summed E-state index contributed by atoms with van der Waals surface area (Å²) in [6.45, 7) is 4.09. The predicted molar refractivity (Wildman–Crippen MR) is 63.7 cm³/mol. The third-order valence-electron chi connectivity index (χ3n) is 2.57. The smallest absolute Gasteiger partial charge is 0.104 e. The number of rotatable bonds is 6. The van der Waals surface area contributed by atoms with Gasteiger partial charge in [-0.05, 0) is 31.7 Å². The highest BCUT2D eigenvalue weighted by Gasteiger charge is 2.06. The van der Waals surface area contributed by atoms with Crippen molar-refractivity contribution in [2.75, 3.05) is 0 Å². The molecule has 0 spiro atoms. The summed E-state index contributed by atoms with van der Waals surface area (Å²) in [6.07, 6.45) is 2.51. The van der Waals surface area contributed by atoms with E-state index >= 15 is 0 Å². The van der Waals surface area contributed by atoms with E-state index in [1.54, 1.807) is 0 Å². The summed E-state index contributed by atoms with van der Waals surface area (Å²) in [7, 11) is 0. The summed E-state index contributed by atoms with van der Waals surface area (Å²) >= 11 is 0. The van der Waals surface area contributed by atoms with E-state index in [-0.39, 0.29) is 6.23 Å².